The zero-order valence-electron chi connectivity index (χ0n) is 79.1. The van der Waals surface area contributed by atoms with Crippen molar-refractivity contribution in [3.63, 3.8) is 0 Å². The van der Waals surface area contributed by atoms with E-state index in [0.29, 0.717) is 11.8 Å². The first-order chi connectivity index (χ1) is 64.4. The minimum absolute atomic E-state index is 0.0552. The molecular formula is C131H116N2. The third-order valence-corrected chi connectivity index (χ3v) is 31.4. The standard InChI is InChI=1S/C131H116N2/c1-126(2,3)93-73-89(74-94(80-93)127(4,5)6)98-48-23-31-63-118(98)132(117-62-30-22-47-97(117)87-68-69-102-101-50-20-29-60-112(101)131(116(102)77-87)114-78-91-72-92(114)79-115(91)131)120-65-33-26-52-104(120)107-57-38-46-88-70-83(71-110(124(88)107)85-42-18-15-19-43-85)82-129(10,11)96-76-90(75-95(81-96)128(7,8)9)99-49-24-32-64-119(99)133(122-67-35-27-53-105(122)108-58-39-61-113-125(108)109-54-21-28-59-111(109)130(113,12)13)121-66-34-25-51-103(121)106-56-37-45-86-44-36-55-100(123(86)106)84-40-16-14-17-41-84/h14-71,73-77,80-81,91-92,114-115H,72,78-79,82H2,1-13H3. The largest absolute Gasteiger partial charge is 0.309 e. The van der Waals surface area contributed by atoms with Gasteiger partial charge in [-0.3, -0.25) is 0 Å². The smallest absolute Gasteiger partial charge is 0.0540 e. The number of hydrogen-bond donors (Lipinski definition) is 0. The Morgan fingerprint density at radius 3 is 1.11 bits per heavy atom. The van der Waals surface area contributed by atoms with Crippen LogP contribution in [0.3, 0.4) is 0 Å². The summed E-state index contributed by atoms with van der Waals surface area (Å²) in [4.78, 5) is 5.27. The molecule has 0 amide bonds. The van der Waals surface area contributed by atoms with Crippen molar-refractivity contribution in [1.82, 2.24) is 0 Å². The topological polar surface area (TPSA) is 6.48 Å². The number of rotatable bonds is 17. The molecule has 0 aromatic heterocycles. The monoisotopic (exact) mass is 1720 g/mol. The Hall–Kier alpha value is -13.9. The van der Waals surface area contributed by atoms with Crippen LogP contribution in [0, 0.1) is 23.7 Å². The van der Waals surface area contributed by atoms with Gasteiger partial charge in [-0.2, -0.15) is 0 Å². The van der Waals surface area contributed by atoms with Crippen molar-refractivity contribution in [3.8, 4) is 111 Å². The molecule has 650 valence electrons. The van der Waals surface area contributed by atoms with Gasteiger partial charge in [0, 0.05) is 44.2 Å². The molecule has 18 aromatic carbocycles. The SMILES string of the molecule is CC(C)(C)c1cc(-c2ccccc2N(c2ccccc2-c2ccc3c(c2)C2(c4ccccc4-3)C3CC4CC3CC42)c2ccccc2-c2cccc3cc(CC(C)(C)c4cc(-c5ccccc5N(c5ccccc5-c5cccc6c5-c5ccccc5C6(C)C)c5ccccc5-c5cccc6cccc(-c7ccccc7)c56)cc(C(C)(C)C)c4)cc(-c4ccccc4)c23)cc(C(C)(C)C)c1. The van der Waals surface area contributed by atoms with Gasteiger partial charge < -0.3 is 9.80 Å². The van der Waals surface area contributed by atoms with Crippen molar-refractivity contribution in [2.45, 2.75) is 148 Å². The molecule has 0 heterocycles. The van der Waals surface area contributed by atoms with Gasteiger partial charge in [-0.25, -0.2) is 0 Å². The van der Waals surface area contributed by atoms with E-state index in [2.05, 4.69) is 494 Å². The Kier molecular flexibility index (Phi) is 19.9. The van der Waals surface area contributed by atoms with E-state index in [1.54, 1.807) is 11.1 Å². The molecule has 6 aliphatic rings. The molecule has 0 saturated heterocycles. The van der Waals surface area contributed by atoms with Gasteiger partial charge in [0.1, 0.15) is 0 Å². The van der Waals surface area contributed by atoms with E-state index in [1.807, 2.05) is 0 Å². The molecule has 0 aliphatic heterocycles. The van der Waals surface area contributed by atoms with Crippen LogP contribution in [0.2, 0.25) is 0 Å². The minimum atomic E-state index is -0.389. The summed E-state index contributed by atoms with van der Waals surface area (Å²) >= 11 is 0. The van der Waals surface area contributed by atoms with Crippen LogP contribution < -0.4 is 9.80 Å². The molecule has 4 saturated carbocycles. The highest BCUT2D eigenvalue weighted by atomic mass is 15.2. The second kappa shape index (κ2) is 31.7. The number of benzene rings is 18. The Bertz CT molecular complexity index is 7620. The summed E-state index contributed by atoms with van der Waals surface area (Å²) in [5.41, 5.74) is 42.7. The lowest BCUT2D eigenvalue weighted by Crippen LogP contribution is -2.34. The van der Waals surface area contributed by atoms with Crippen molar-refractivity contribution in [2.75, 3.05) is 9.80 Å². The highest BCUT2D eigenvalue weighted by molar-refractivity contribution is 6.13. The summed E-state index contributed by atoms with van der Waals surface area (Å²) in [5.74, 6) is 2.97. The molecule has 0 radical (unpaired) electrons. The van der Waals surface area contributed by atoms with Crippen molar-refractivity contribution in [1.29, 1.82) is 0 Å². The molecule has 4 fully saturated rings. The summed E-state index contributed by atoms with van der Waals surface area (Å²) in [6.45, 7) is 31.1. The predicted molar refractivity (Wildman–Crippen MR) is 565 cm³/mol. The van der Waals surface area contributed by atoms with Crippen molar-refractivity contribution in [3.05, 3.63) is 444 Å². The maximum absolute atomic E-state index is 2.68. The van der Waals surface area contributed by atoms with Crippen LogP contribution in [-0.2, 0) is 38.9 Å². The summed E-state index contributed by atoms with van der Waals surface area (Å²) in [6, 6.07) is 152. The molecule has 1 spiro atoms. The molecule has 2 nitrogen and oxygen atoms in total. The maximum atomic E-state index is 2.68. The normalized spacial score (nSPS) is 17.2. The van der Waals surface area contributed by atoms with E-state index >= 15 is 0 Å². The number of hydrogen-bond acceptors (Lipinski definition) is 2. The van der Waals surface area contributed by atoms with Crippen molar-refractivity contribution < 1.29 is 0 Å². The van der Waals surface area contributed by atoms with Crippen LogP contribution in [0.4, 0.5) is 34.1 Å². The quantitative estimate of drug-likeness (QED) is 0.0896. The van der Waals surface area contributed by atoms with Crippen molar-refractivity contribution in [2.24, 2.45) is 23.7 Å². The highest BCUT2D eigenvalue weighted by Gasteiger charge is 2.71. The lowest BCUT2D eigenvalue weighted by atomic mass is 9.66. The number of anilines is 6. The average Bonchev–Trinajstić information content (AvgIpc) is 1.48. The van der Waals surface area contributed by atoms with Gasteiger partial charge in [0.05, 0.1) is 34.1 Å². The Morgan fingerprint density at radius 2 is 0.602 bits per heavy atom. The molecule has 4 unspecified atom stereocenters. The highest BCUT2D eigenvalue weighted by Crippen LogP contribution is 2.77. The molecule has 6 aliphatic carbocycles. The fourth-order valence-electron chi connectivity index (χ4n) is 25.1. The lowest BCUT2D eigenvalue weighted by molar-refractivity contribution is 0.307. The van der Waals surface area contributed by atoms with E-state index in [9.17, 15) is 0 Å². The Morgan fingerprint density at radius 1 is 0.241 bits per heavy atom. The van der Waals surface area contributed by atoms with Gasteiger partial charge in [0.15, 0.2) is 0 Å². The van der Waals surface area contributed by atoms with Crippen LogP contribution >= 0.6 is 0 Å². The second-order valence-corrected chi connectivity index (χ2v) is 43.2. The van der Waals surface area contributed by atoms with Crippen LogP contribution in [0.5, 0.6) is 0 Å². The maximum Gasteiger partial charge on any atom is 0.0540 e. The Labute approximate surface area is 787 Å². The third kappa shape index (κ3) is 13.8. The molecule has 4 atom stereocenters. The molecule has 4 bridgehead atoms. The fraction of sp³-hybridized carbons (Fsp3) is 0.206. The molecule has 24 rings (SSSR count). The van der Waals surface area contributed by atoms with Crippen LogP contribution in [-0.4, -0.2) is 0 Å². The molecular weight excluding hydrogens is 1600 g/mol. The van der Waals surface area contributed by atoms with Gasteiger partial charge in [-0.15, -0.1) is 0 Å². The van der Waals surface area contributed by atoms with Crippen LogP contribution in [0.15, 0.2) is 394 Å². The van der Waals surface area contributed by atoms with Crippen molar-refractivity contribution >= 4 is 55.7 Å². The fourth-order valence-corrected chi connectivity index (χ4v) is 25.1. The van der Waals surface area contributed by atoms with Crippen LogP contribution in [0.25, 0.3) is 133 Å². The number of fused-ring (bicyclic) bond motifs is 8. The number of nitrogens with zero attached hydrogens (tertiary/aromatic N) is 2. The summed E-state index contributed by atoms with van der Waals surface area (Å²) in [6.07, 6.45) is 4.89. The first-order valence-electron chi connectivity index (χ1n) is 48.5. The predicted octanol–water partition coefficient (Wildman–Crippen LogP) is 35.9. The zero-order valence-corrected chi connectivity index (χ0v) is 79.1. The molecule has 0 N–H and O–H groups in total. The lowest BCUT2D eigenvalue weighted by Gasteiger charge is -2.37. The van der Waals surface area contributed by atoms with Gasteiger partial charge >= 0.3 is 0 Å². The second-order valence-electron chi connectivity index (χ2n) is 43.2. The van der Waals surface area contributed by atoms with Gasteiger partial charge in [-0.05, 0) is 263 Å². The van der Waals surface area contributed by atoms with E-state index in [0.717, 1.165) is 69.1 Å². The first-order valence-corrected chi connectivity index (χ1v) is 48.5. The first kappa shape index (κ1) is 83.4. The molecule has 133 heavy (non-hydrogen) atoms. The van der Waals surface area contributed by atoms with Gasteiger partial charge in [0.25, 0.3) is 0 Å². The number of para-hydroxylation sites is 6. The van der Waals surface area contributed by atoms with Gasteiger partial charge in [0.2, 0.25) is 0 Å². The van der Waals surface area contributed by atoms with E-state index in [-0.39, 0.29) is 32.5 Å². The van der Waals surface area contributed by atoms with E-state index in [4.69, 9.17) is 0 Å². The van der Waals surface area contributed by atoms with E-state index in [1.165, 1.54) is 174 Å². The Balaban J connectivity index is 0.682. The summed E-state index contributed by atoms with van der Waals surface area (Å²) in [7, 11) is 0. The minimum Gasteiger partial charge on any atom is -0.309 e. The van der Waals surface area contributed by atoms with Crippen LogP contribution in [0.1, 0.15) is 159 Å². The molecule has 18 aromatic rings. The zero-order chi connectivity index (χ0) is 90.8. The molecule has 2 heteroatoms. The summed E-state index contributed by atoms with van der Waals surface area (Å²) in [5, 5.41) is 4.86. The third-order valence-electron chi connectivity index (χ3n) is 31.4. The average molecular weight is 1720 g/mol. The van der Waals surface area contributed by atoms with Gasteiger partial charge in [-0.1, -0.05) is 442 Å². The summed E-state index contributed by atoms with van der Waals surface area (Å²) < 4.78 is 0. The van der Waals surface area contributed by atoms with E-state index < -0.39 is 0 Å².